The second-order valence-corrected chi connectivity index (χ2v) is 11.7. The molecule has 0 aliphatic heterocycles. The van der Waals surface area contributed by atoms with E-state index in [1.54, 1.807) is 23.5 Å². The number of nitrogens with zero attached hydrogens (tertiary/aromatic N) is 1. The Bertz CT molecular complexity index is 1520. The van der Waals surface area contributed by atoms with Crippen molar-refractivity contribution in [2.45, 2.75) is 16.6 Å². The van der Waals surface area contributed by atoms with Gasteiger partial charge in [-0.1, -0.05) is 66.2 Å². The van der Waals surface area contributed by atoms with E-state index in [-0.39, 0.29) is 18.2 Å². The van der Waals surface area contributed by atoms with Crippen molar-refractivity contribution in [3.8, 4) is 10.6 Å². The lowest BCUT2D eigenvalue weighted by molar-refractivity contribution is -0.116. The third kappa shape index (κ3) is 6.90. The van der Waals surface area contributed by atoms with Gasteiger partial charge in [-0.2, -0.15) is 0 Å². The molecule has 2 N–H and O–H groups in total. The summed E-state index contributed by atoms with van der Waals surface area (Å²) in [5.41, 5.74) is 3.28. The van der Waals surface area contributed by atoms with Crippen LogP contribution in [0.4, 0.5) is 10.8 Å². The molecule has 0 spiro atoms. The Morgan fingerprint density at radius 3 is 2.47 bits per heavy atom. The summed E-state index contributed by atoms with van der Waals surface area (Å²) in [4.78, 5) is 32.6. The SMILES string of the molecule is O=C(Cc1ccc(Cl)cc1)Nc1cccc(SC(C(=O)Nc2nc(-c3cccs3)cs2)c2ccccc2)c1. The van der Waals surface area contributed by atoms with Gasteiger partial charge in [0, 0.05) is 21.0 Å². The topological polar surface area (TPSA) is 71.1 Å². The lowest BCUT2D eigenvalue weighted by Gasteiger charge is -2.17. The molecule has 3 aromatic carbocycles. The molecule has 2 amide bonds. The highest BCUT2D eigenvalue weighted by Gasteiger charge is 2.23. The molecule has 9 heteroatoms. The average Bonchev–Trinajstić information content (AvgIpc) is 3.62. The van der Waals surface area contributed by atoms with Crippen LogP contribution in [-0.4, -0.2) is 16.8 Å². The zero-order valence-electron chi connectivity index (χ0n) is 20.0. The Hall–Kier alpha value is -3.43. The Kier molecular flexibility index (Phi) is 8.55. The molecular formula is C29H22ClN3O2S3. The van der Waals surface area contributed by atoms with E-state index in [9.17, 15) is 9.59 Å². The number of amides is 2. The van der Waals surface area contributed by atoms with Crippen LogP contribution in [0.2, 0.25) is 5.02 Å². The summed E-state index contributed by atoms with van der Waals surface area (Å²) in [6.45, 7) is 0. The average molecular weight is 576 g/mol. The van der Waals surface area contributed by atoms with Crippen molar-refractivity contribution < 1.29 is 9.59 Å². The van der Waals surface area contributed by atoms with Crippen molar-refractivity contribution in [3.05, 3.63) is 118 Å². The zero-order valence-corrected chi connectivity index (χ0v) is 23.2. The first kappa shape index (κ1) is 26.2. The smallest absolute Gasteiger partial charge is 0.244 e. The molecule has 1 atom stereocenters. The summed E-state index contributed by atoms with van der Waals surface area (Å²) in [6, 6.07) is 28.4. The van der Waals surface area contributed by atoms with Gasteiger partial charge in [0.15, 0.2) is 5.13 Å². The summed E-state index contributed by atoms with van der Waals surface area (Å²) >= 11 is 10.4. The molecule has 5 aromatic rings. The number of anilines is 2. The summed E-state index contributed by atoms with van der Waals surface area (Å²) in [6.07, 6.45) is 0.241. The molecule has 5 rings (SSSR count). The van der Waals surface area contributed by atoms with Crippen LogP contribution in [0, 0.1) is 0 Å². The van der Waals surface area contributed by atoms with Crippen molar-refractivity contribution in [1.82, 2.24) is 4.98 Å². The van der Waals surface area contributed by atoms with E-state index in [2.05, 4.69) is 15.6 Å². The number of hydrogen-bond donors (Lipinski definition) is 2. The molecule has 0 saturated carbocycles. The van der Waals surface area contributed by atoms with Crippen LogP contribution in [0.15, 0.2) is 107 Å². The van der Waals surface area contributed by atoms with Gasteiger partial charge in [-0.05, 0) is 52.9 Å². The molecule has 190 valence electrons. The minimum atomic E-state index is -0.509. The highest BCUT2D eigenvalue weighted by Crippen LogP contribution is 2.38. The molecule has 0 radical (unpaired) electrons. The minimum Gasteiger partial charge on any atom is -0.326 e. The number of halogens is 1. The standard InChI is InChI=1S/C29H22ClN3O2S3/c30-21-13-11-19(12-14-21)16-26(34)31-22-8-4-9-23(17-22)38-27(20-6-2-1-3-7-20)28(35)33-29-32-24(18-37-29)25-10-5-15-36-25/h1-15,17-18,27H,16H2,(H,31,34)(H,32,33,35). The third-order valence-electron chi connectivity index (χ3n) is 5.50. The lowest BCUT2D eigenvalue weighted by Crippen LogP contribution is -2.19. The van der Waals surface area contributed by atoms with Gasteiger partial charge in [-0.25, -0.2) is 4.98 Å². The van der Waals surface area contributed by atoms with Crippen LogP contribution >= 0.6 is 46.0 Å². The molecule has 0 saturated heterocycles. The summed E-state index contributed by atoms with van der Waals surface area (Å²) in [7, 11) is 0. The molecule has 2 heterocycles. The Morgan fingerprint density at radius 2 is 1.71 bits per heavy atom. The summed E-state index contributed by atoms with van der Waals surface area (Å²) in [5, 5.41) is 10.6. The number of nitrogens with one attached hydrogen (secondary N) is 2. The van der Waals surface area contributed by atoms with Gasteiger partial charge in [-0.3, -0.25) is 9.59 Å². The third-order valence-corrected chi connectivity index (χ3v) is 8.65. The number of hydrogen-bond acceptors (Lipinski definition) is 6. The van der Waals surface area contributed by atoms with E-state index in [0.29, 0.717) is 15.8 Å². The van der Waals surface area contributed by atoms with Crippen molar-refractivity contribution in [1.29, 1.82) is 0 Å². The number of thiophene rings is 1. The van der Waals surface area contributed by atoms with E-state index in [1.807, 2.05) is 89.6 Å². The van der Waals surface area contributed by atoms with Crippen molar-refractivity contribution in [2.24, 2.45) is 0 Å². The first-order valence-corrected chi connectivity index (χ1v) is 14.7. The maximum absolute atomic E-state index is 13.5. The first-order valence-electron chi connectivity index (χ1n) is 11.7. The van der Waals surface area contributed by atoms with Crippen LogP contribution in [-0.2, 0) is 16.0 Å². The second-order valence-electron chi connectivity index (χ2n) is 8.29. The fraction of sp³-hybridized carbons (Fsp3) is 0.0690. The van der Waals surface area contributed by atoms with Crippen LogP contribution in [0.5, 0.6) is 0 Å². The second kappa shape index (κ2) is 12.4. The summed E-state index contributed by atoms with van der Waals surface area (Å²) < 4.78 is 0. The van der Waals surface area contributed by atoms with Gasteiger partial charge in [0.2, 0.25) is 11.8 Å². The number of thioether (sulfide) groups is 1. The molecular weight excluding hydrogens is 554 g/mol. The molecule has 0 aliphatic carbocycles. The largest absolute Gasteiger partial charge is 0.326 e. The maximum atomic E-state index is 13.5. The Labute approximate surface area is 237 Å². The monoisotopic (exact) mass is 575 g/mol. The Balaban J connectivity index is 1.29. The molecule has 5 nitrogen and oxygen atoms in total. The highest BCUT2D eigenvalue weighted by molar-refractivity contribution is 8.00. The quantitative estimate of drug-likeness (QED) is 0.174. The molecule has 0 aliphatic rings. The van der Waals surface area contributed by atoms with Crippen LogP contribution in [0.25, 0.3) is 10.6 Å². The number of rotatable bonds is 9. The summed E-state index contributed by atoms with van der Waals surface area (Å²) in [5.74, 6) is -0.289. The van der Waals surface area contributed by atoms with Gasteiger partial charge in [-0.15, -0.1) is 34.4 Å². The Morgan fingerprint density at radius 1 is 0.895 bits per heavy atom. The van der Waals surface area contributed by atoms with E-state index in [0.717, 1.165) is 26.6 Å². The molecule has 0 fully saturated rings. The van der Waals surface area contributed by atoms with E-state index in [4.69, 9.17) is 11.6 Å². The van der Waals surface area contributed by atoms with Crippen molar-refractivity contribution in [2.75, 3.05) is 10.6 Å². The number of carbonyl (C=O) groups excluding carboxylic acids is 2. The predicted molar refractivity (Wildman–Crippen MR) is 159 cm³/mol. The van der Waals surface area contributed by atoms with Crippen LogP contribution in [0.3, 0.4) is 0 Å². The van der Waals surface area contributed by atoms with Crippen molar-refractivity contribution in [3.63, 3.8) is 0 Å². The first-order chi connectivity index (χ1) is 18.5. The molecule has 38 heavy (non-hydrogen) atoms. The number of thiazole rings is 1. The fourth-order valence-corrected chi connectivity index (χ4v) is 6.40. The van der Waals surface area contributed by atoms with E-state index in [1.165, 1.54) is 23.1 Å². The van der Waals surface area contributed by atoms with Gasteiger partial charge < -0.3 is 10.6 Å². The molecule has 1 unspecified atom stereocenters. The van der Waals surface area contributed by atoms with Gasteiger partial charge in [0.1, 0.15) is 5.25 Å². The van der Waals surface area contributed by atoms with Gasteiger partial charge in [0.25, 0.3) is 0 Å². The molecule has 0 bridgehead atoms. The van der Waals surface area contributed by atoms with Crippen LogP contribution in [0.1, 0.15) is 16.4 Å². The zero-order chi connectivity index (χ0) is 26.3. The van der Waals surface area contributed by atoms with E-state index < -0.39 is 5.25 Å². The minimum absolute atomic E-state index is 0.128. The number of carbonyl (C=O) groups is 2. The number of aromatic nitrogens is 1. The van der Waals surface area contributed by atoms with Crippen molar-refractivity contribution >= 4 is 68.7 Å². The van der Waals surface area contributed by atoms with E-state index >= 15 is 0 Å². The number of benzene rings is 3. The maximum Gasteiger partial charge on any atom is 0.244 e. The van der Waals surface area contributed by atoms with Gasteiger partial charge in [0.05, 0.1) is 17.0 Å². The highest BCUT2D eigenvalue weighted by atomic mass is 35.5. The fourth-order valence-electron chi connectivity index (χ4n) is 3.72. The molecule has 2 aromatic heterocycles. The predicted octanol–water partition coefficient (Wildman–Crippen LogP) is 8.18. The van der Waals surface area contributed by atoms with Gasteiger partial charge >= 0.3 is 0 Å². The normalized spacial score (nSPS) is 11.6. The lowest BCUT2D eigenvalue weighted by atomic mass is 10.1. The van der Waals surface area contributed by atoms with Crippen LogP contribution < -0.4 is 10.6 Å².